The zero-order chi connectivity index (χ0) is 27.0. The summed E-state index contributed by atoms with van der Waals surface area (Å²) in [6.07, 6.45) is 0. The molecule has 0 saturated carbocycles. The van der Waals surface area contributed by atoms with Gasteiger partial charge in [0.2, 0.25) is 11.8 Å². The lowest BCUT2D eigenvalue weighted by Crippen LogP contribution is -2.51. The Morgan fingerprint density at radius 2 is 1.68 bits per heavy atom. The fraction of sp³-hybridized carbons (Fsp3) is 0.259. The number of halogens is 1. The molecule has 1 N–H and O–H groups in total. The number of likely N-dealkylation sites (N-methyl/N-ethyl adjacent to an activating group) is 1. The van der Waals surface area contributed by atoms with Crippen LogP contribution in [0.4, 0.5) is 5.69 Å². The molecular weight excluding hydrogens is 514 g/mol. The van der Waals surface area contributed by atoms with Gasteiger partial charge in [-0.15, -0.1) is 0 Å². The van der Waals surface area contributed by atoms with Crippen molar-refractivity contribution in [1.82, 2.24) is 10.2 Å². The van der Waals surface area contributed by atoms with Crippen LogP contribution in [0.5, 0.6) is 5.75 Å². The van der Waals surface area contributed by atoms with Gasteiger partial charge in [0.1, 0.15) is 18.3 Å². The molecule has 0 aliphatic heterocycles. The Balaban J connectivity index is 2.02. The maximum atomic E-state index is 13.7. The Hall–Kier alpha value is -3.56. The number of benzene rings is 3. The van der Waals surface area contributed by atoms with Crippen molar-refractivity contribution in [3.63, 3.8) is 0 Å². The number of hydrogen-bond acceptors (Lipinski definition) is 5. The summed E-state index contributed by atoms with van der Waals surface area (Å²) in [7, 11) is -2.61. The molecular formula is C27H30ClN3O5S. The maximum absolute atomic E-state index is 13.7. The molecule has 0 saturated heterocycles. The van der Waals surface area contributed by atoms with E-state index in [2.05, 4.69) is 5.32 Å². The molecule has 37 heavy (non-hydrogen) atoms. The molecule has 0 bridgehead atoms. The summed E-state index contributed by atoms with van der Waals surface area (Å²) in [5, 5.41) is 3.21. The molecule has 3 aromatic rings. The highest BCUT2D eigenvalue weighted by atomic mass is 35.5. The largest absolute Gasteiger partial charge is 0.497 e. The molecule has 0 radical (unpaired) electrons. The standard InChI is InChI=1S/C27H30ClN3O5S/c1-4-29-27(33)20(2)30(18-21-9-8-10-22(28)17-21)26(32)19-31(23-13-15-24(36-3)16-14-23)37(34,35)25-11-6-5-7-12-25/h5-17,20H,4,18-19H2,1-3H3,(H,29,33). The second-order valence-corrected chi connectivity index (χ2v) is 10.5. The minimum atomic E-state index is -4.11. The Bertz CT molecular complexity index is 1320. The highest BCUT2D eigenvalue weighted by molar-refractivity contribution is 7.92. The first kappa shape index (κ1) is 28.0. The van der Waals surface area contributed by atoms with Crippen molar-refractivity contribution in [2.45, 2.75) is 31.3 Å². The molecule has 0 aromatic heterocycles. The Morgan fingerprint density at radius 1 is 1.00 bits per heavy atom. The second kappa shape index (κ2) is 12.6. The van der Waals surface area contributed by atoms with E-state index in [-0.39, 0.29) is 23.0 Å². The quantitative estimate of drug-likeness (QED) is 0.393. The number of nitrogens with one attached hydrogen (secondary N) is 1. The van der Waals surface area contributed by atoms with Gasteiger partial charge in [0.25, 0.3) is 10.0 Å². The van der Waals surface area contributed by atoms with Gasteiger partial charge < -0.3 is 15.0 Å². The van der Waals surface area contributed by atoms with Gasteiger partial charge in [-0.25, -0.2) is 8.42 Å². The van der Waals surface area contributed by atoms with Crippen molar-refractivity contribution >= 4 is 39.1 Å². The number of ether oxygens (including phenoxy) is 1. The molecule has 8 nitrogen and oxygen atoms in total. The summed E-state index contributed by atoms with van der Waals surface area (Å²) in [5.74, 6) is -0.353. The minimum absolute atomic E-state index is 0.0387. The van der Waals surface area contributed by atoms with E-state index in [1.165, 1.54) is 24.1 Å². The van der Waals surface area contributed by atoms with Crippen molar-refractivity contribution in [3.8, 4) is 5.75 Å². The number of carbonyl (C=O) groups is 2. The molecule has 1 atom stereocenters. The van der Waals surface area contributed by atoms with Gasteiger partial charge in [0.05, 0.1) is 17.7 Å². The second-order valence-electron chi connectivity index (χ2n) is 8.24. The normalized spacial score (nSPS) is 11.9. The van der Waals surface area contributed by atoms with Crippen LogP contribution in [0.15, 0.2) is 83.8 Å². The Morgan fingerprint density at radius 3 is 2.27 bits per heavy atom. The first-order valence-corrected chi connectivity index (χ1v) is 13.5. The third kappa shape index (κ3) is 7.02. The van der Waals surface area contributed by atoms with Crippen LogP contribution in [0.3, 0.4) is 0 Å². The number of carbonyl (C=O) groups excluding carboxylic acids is 2. The third-order valence-corrected chi connectivity index (χ3v) is 7.75. The van der Waals surface area contributed by atoms with Crippen LogP contribution in [-0.4, -0.2) is 51.4 Å². The van der Waals surface area contributed by atoms with E-state index in [9.17, 15) is 18.0 Å². The first-order valence-electron chi connectivity index (χ1n) is 11.7. The molecule has 2 amide bonds. The van der Waals surface area contributed by atoms with Gasteiger partial charge in [0, 0.05) is 18.1 Å². The summed E-state index contributed by atoms with van der Waals surface area (Å²) in [4.78, 5) is 27.9. The number of rotatable bonds is 11. The summed E-state index contributed by atoms with van der Waals surface area (Å²) in [6, 6.07) is 20.4. The molecule has 0 aliphatic carbocycles. The summed E-state index contributed by atoms with van der Waals surface area (Å²) < 4.78 is 33.6. The molecule has 3 rings (SSSR count). The number of sulfonamides is 1. The van der Waals surface area contributed by atoms with E-state index in [1.807, 2.05) is 0 Å². The van der Waals surface area contributed by atoms with E-state index in [0.29, 0.717) is 22.9 Å². The zero-order valence-corrected chi connectivity index (χ0v) is 22.5. The Kier molecular flexibility index (Phi) is 9.54. The number of anilines is 1. The van der Waals surface area contributed by atoms with Gasteiger partial charge in [-0.2, -0.15) is 0 Å². The molecule has 1 unspecified atom stereocenters. The van der Waals surface area contributed by atoms with Crippen molar-refractivity contribution in [2.24, 2.45) is 0 Å². The molecule has 0 aliphatic rings. The van der Waals surface area contributed by atoms with Crippen LogP contribution in [0, 0.1) is 0 Å². The monoisotopic (exact) mass is 543 g/mol. The maximum Gasteiger partial charge on any atom is 0.264 e. The SMILES string of the molecule is CCNC(=O)C(C)N(Cc1cccc(Cl)c1)C(=O)CN(c1ccc(OC)cc1)S(=O)(=O)c1ccccc1. The average Bonchev–Trinajstić information content (AvgIpc) is 2.90. The number of nitrogens with zero attached hydrogens (tertiary/aromatic N) is 2. The molecule has 3 aromatic carbocycles. The predicted molar refractivity (Wildman–Crippen MR) is 144 cm³/mol. The zero-order valence-electron chi connectivity index (χ0n) is 20.9. The van der Waals surface area contributed by atoms with Gasteiger partial charge in [-0.1, -0.05) is 41.9 Å². The highest BCUT2D eigenvalue weighted by Gasteiger charge is 2.32. The van der Waals surface area contributed by atoms with Crippen molar-refractivity contribution in [1.29, 1.82) is 0 Å². The Labute approximate surface area is 222 Å². The lowest BCUT2D eigenvalue weighted by Gasteiger charge is -2.32. The van der Waals surface area contributed by atoms with E-state index in [0.717, 1.165) is 4.31 Å². The fourth-order valence-corrected chi connectivity index (χ4v) is 5.38. The fourth-order valence-electron chi connectivity index (χ4n) is 3.73. The summed E-state index contributed by atoms with van der Waals surface area (Å²) >= 11 is 6.14. The summed E-state index contributed by atoms with van der Waals surface area (Å²) in [6.45, 7) is 3.33. The molecule has 0 heterocycles. The van der Waals surface area contributed by atoms with E-state index in [1.54, 1.807) is 80.6 Å². The number of hydrogen-bond donors (Lipinski definition) is 1. The minimum Gasteiger partial charge on any atom is -0.497 e. The van der Waals surface area contributed by atoms with E-state index >= 15 is 0 Å². The first-order chi connectivity index (χ1) is 17.7. The molecule has 196 valence electrons. The van der Waals surface area contributed by atoms with Gasteiger partial charge in [-0.05, 0) is 67.9 Å². The average molecular weight is 544 g/mol. The van der Waals surface area contributed by atoms with Crippen molar-refractivity contribution in [2.75, 3.05) is 24.5 Å². The molecule has 10 heteroatoms. The van der Waals surface area contributed by atoms with Crippen LogP contribution >= 0.6 is 11.6 Å². The summed E-state index contributed by atoms with van der Waals surface area (Å²) in [5.41, 5.74) is 0.991. The van der Waals surface area contributed by atoms with Gasteiger partial charge >= 0.3 is 0 Å². The van der Waals surface area contributed by atoms with Crippen LogP contribution in [0.2, 0.25) is 5.02 Å². The van der Waals surface area contributed by atoms with Crippen molar-refractivity contribution in [3.05, 3.63) is 89.4 Å². The predicted octanol–water partition coefficient (Wildman–Crippen LogP) is 4.10. The number of methoxy groups -OCH3 is 1. The van der Waals surface area contributed by atoms with E-state index < -0.39 is 28.5 Å². The smallest absolute Gasteiger partial charge is 0.264 e. The highest BCUT2D eigenvalue weighted by Crippen LogP contribution is 2.26. The van der Waals surface area contributed by atoms with E-state index in [4.69, 9.17) is 16.3 Å². The number of amides is 2. The van der Waals surface area contributed by atoms with Gasteiger partial charge in [0.15, 0.2) is 0 Å². The lowest BCUT2D eigenvalue weighted by molar-refractivity contribution is -0.139. The third-order valence-electron chi connectivity index (χ3n) is 5.73. The van der Waals surface area contributed by atoms with Crippen LogP contribution in [0.25, 0.3) is 0 Å². The van der Waals surface area contributed by atoms with Crippen molar-refractivity contribution < 1.29 is 22.7 Å². The lowest BCUT2D eigenvalue weighted by atomic mass is 10.1. The van der Waals surface area contributed by atoms with Gasteiger partial charge in [-0.3, -0.25) is 13.9 Å². The molecule has 0 fully saturated rings. The topological polar surface area (TPSA) is 96.0 Å². The van der Waals surface area contributed by atoms with Crippen LogP contribution < -0.4 is 14.4 Å². The van der Waals surface area contributed by atoms with Crippen LogP contribution in [0.1, 0.15) is 19.4 Å². The molecule has 0 spiro atoms. The van der Waals surface area contributed by atoms with Crippen LogP contribution in [-0.2, 0) is 26.2 Å².